The Balaban J connectivity index is 1.38. The maximum atomic E-state index is 12.5. The van der Waals surface area contributed by atoms with Crippen molar-refractivity contribution in [3.05, 3.63) is 102 Å². The molecule has 1 aliphatic rings. The molecule has 4 nitrogen and oxygen atoms in total. The number of thioether (sulfide) groups is 1. The van der Waals surface area contributed by atoms with Gasteiger partial charge in [-0.05, 0) is 34.8 Å². The summed E-state index contributed by atoms with van der Waals surface area (Å²) >= 11 is 1.01. The molecule has 1 saturated heterocycles. The summed E-state index contributed by atoms with van der Waals surface area (Å²) in [6.07, 6.45) is 3.82. The van der Waals surface area contributed by atoms with Crippen LogP contribution in [0.4, 0.5) is 4.79 Å². The molecule has 0 bridgehead atoms. The van der Waals surface area contributed by atoms with Gasteiger partial charge in [0.2, 0.25) is 5.91 Å². The Bertz CT molecular complexity index is 1100. The lowest BCUT2D eigenvalue weighted by Crippen LogP contribution is -2.25. The molecule has 5 heteroatoms. The molecule has 1 N–H and O–H groups in total. The highest BCUT2D eigenvalue weighted by atomic mass is 32.2. The molecule has 2 amide bonds. The molecular weight excluding hydrogens is 394 g/mol. The van der Waals surface area contributed by atoms with Crippen LogP contribution in [0, 0.1) is 0 Å². The average molecular weight is 413 g/mol. The number of hydrogen-bond acceptors (Lipinski definition) is 4. The molecule has 1 aliphatic heterocycles. The molecule has 30 heavy (non-hydrogen) atoms. The molecule has 0 saturated carbocycles. The van der Waals surface area contributed by atoms with E-state index in [2.05, 4.69) is 17.4 Å². The summed E-state index contributed by atoms with van der Waals surface area (Å²) in [5.74, 6) is -0.344. The number of imide groups is 1. The molecule has 3 aromatic rings. The zero-order valence-corrected chi connectivity index (χ0v) is 16.9. The van der Waals surface area contributed by atoms with Crippen molar-refractivity contribution in [3.8, 4) is 11.1 Å². The molecular formula is C25H19NO3S. The second-order valence-electron chi connectivity index (χ2n) is 6.97. The maximum absolute atomic E-state index is 12.5. The normalized spacial score (nSPS) is 16.1. The number of carbonyl (C=O) groups is 3. The predicted octanol–water partition coefficient (Wildman–Crippen LogP) is 5.14. The topological polar surface area (TPSA) is 63.2 Å². The van der Waals surface area contributed by atoms with Crippen LogP contribution < -0.4 is 5.32 Å². The van der Waals surface area contributed by atoms with Crippen LogP contribution in [0.15, 0.2) is 84.9 Å². The number of allylic oxidation sites excluding steroid dienone is 1. The van der Waals surface area contributed by atoms with Crippen LogP contribution >= 0.6 is 11.8 Å². The first-order valence-electron chi connectivity index (χ1n) is 9.57. The Kier molecular flexibility index (Phi) is 5.91. The lowest BCUT2D eigenvalue weighted by atomic mass is 10.0. The minimum absolute atomic E-state index is 0.0863. The van der Waals surface area contributed by atoms with Crippen LogP contribution in [-0.4, -0.2) is 22.2 Å². The standard InChI is InChI=1S/C25H19NO3S/c27-22(15-10-17-6-11-20(12-7-17)19-4-2-1-3-5-19)21-13-8-18(9-14-21)16-23-24(28)26-25(29)30-23/h1-15,23H,16H2,(H,26,28,29)/b15-10+. The van der Waals surface area contributed by atoms with Gasteiger partial charge in [0.25, 0.3) is 5.24 Å². The SMILES string of the molecule is O=C1NC(=O)C(Cc2ccc(C(=O)/C=C/c3ccc(-c4ccccc4)cc3)cc2)S1. The fraction of sp³-hybridized carbons (Fsp3) is 0.0800. The van der Waals surface area contributed by atoms with Crippen molar-refractivity contribution in [1.29, 1.82) is 0 Å². The van der Waals surface area contributed by atoms with Gasteiger partial charge in [0.15, 0.2) is 5.78 Å². The van der Waals surface area contributed by atoms with E-state index in [1.165, 1.54) is 0 Å². The Morgan fingerprint density at radius 2 is 1.53 bits per heavy atom. The summed E-state index contributed by atoms with van der Waals surface area (Å²) in [6, 6.07) is 25.3. The summed E-state index contributed by atoms with van der Waals surface area (Å²) in [4.78, 5) is 35.4. The first-order valence-corrected chi connectivity index (χ1v) is 10.4. The van der Waals surface area contributed by atoms with Gasteiger partial charge in [-0.25, -0.2) is 0 Å². The van der Waals surface area contributed by atoms with Gasteiger partial charge in [0, 0.05) is 5.56 Å². The van der Waals surface area contributed by atoms with Crippen LogP contribution in [-0.2, 0) is 11.2 Å². The van der Waals surface area contributed by atoms with Gasteiger partial charge in [-0.15, -0.1) is 0 Å². The van der Waals surface area contributed by atoms with Crippen molar-refractivity contribution in [3.63, 3.8) is 0 Å². The molecule has 148 valence electrons. The number of carbonyl (C=O) groups excluding carboxylic acids is 3. The number of benzene rings is 3. The van der Waals surface area contributed by atoms with E-state index in [0.717, 1.165) is 34.0 Å². The van der Waals surface area contributed by atoms with E-state index in [1.54, 1.807) is 24.3 Å². The highest BCUT2D eigenvalue weighted by molar-refractivity contribution is 8.15. The second-order valence-corrected chi connectivity index (χ2v) is 8.15. The smallest absolute Gasteiger partial charge is 0.286 e. The van der Waals surface area contributed by atoms with E-state index < -0.39 is 5.25 Å². The van der Waals surface area contributed by atoms with E-state index in [0.29, 0.717) is 12.0 Å². The lowest BCUT2D eigenvalue weighted by Gasteiger charge is -2.06. The van der Waals surface area contributed by atoms with E-state index in [-0.39, 0.29) is 16.9 Å². The first kappa shape index (κ1) is 19.9. The number of hydrogen-bond donors (Lipinski definition) is 1. The van der Waals surface area contributed by atoms with Gasteiger partial charge < -0.3 is 0 Å². The van der Waals surface area contributed by atoms with E-state index in [9.17, 15) is 14.4 Å². The van der Waals surface area contributed by atoms with Crippen molar-refractivity contribution in [2.24, 2.45) is 0 Å². The van der Waals surface area contributed by atoms with Crippen LogP contribution in [0.1, 0.15) is 21.5 Å². The van der Waals surface area contributed by atoms with Crippen molar-refractivity contribution in [1.82, 2.24) is 5.32 Å². The average Bonchev–Trinajstić information content (AvgIpc) is 3.10. The molecule has 0 radical (unpaired) electrons. The summed E-state index contributed by atoms with van der Waals surface area (Å²) in [5.41, 5.74) is 4.73. The molecule has 1 fully saturated rings. The third kappa shape index (κ3) is 4.75. The predicted molar refractivity (Wildman–Crippen MR) is 120 cm³/mol. The fourth-order valence-corrected chi connectivity index (χ4v) is 4.09. The van der Waals surface area contributed by atoms with Crippen LogP contribution in [0.2, 0.25) is 0 Å². The molecule has 3 aromatic carbocycles. The van der Waals surface area contributed by atoms with E-state index in [1.807, 2.05) is 54.6 Å². The quantitative estimate of drug-likeness (QED) is 0.449. The van der Waals surface area contributed by atoms with Gasteiger partial charge >= 0.3 is 0 Å². The largest absolute Gasteiger partial charge is 0.289 e. The van der Waals surface area contributed by atoms with E-state index >= 15 is 0 Å². The van der Waals surface area contributed by atoms with Crippen molar-refractivity contribution in [2.45, 2.75) is 11.7 Å². The number of amides is 2. The Morgan fingerprint density at radius 1 is 0.867 bits per heavy atom. The lowest BCUT2D eigenvalue weighted by molar-refractivity contribution is -0.118. The molecule has 1 unspecified atom stereocenters. The van der Waals surface area contributed by atoms with Crippen LogP contribution in [0.5, 0.6) is 0 Å². The summed E-state index contributed by atoms with van der Waals surface area (Å²) in [6.45, 7) is 0. The maximum Gasteiger partial charge on any atom is 0.286 e. The van der Waals surface area contributed by atoms with Crippen LogP contribution in [0.25, 0.3) is 17.2 Å². The minimum Gasteiger partial charge on any atom is -0.289 e. The summed E-state index contributed by atoms with van der Waals surface area (Å²) in [7, 11) is 0. The monoisotopic (exact) mass is 413 g/mol. The molecule has 0 aliphatic carbocycles. The number of ketones is 1. The number of rotatable bonds is 6. The third-order valence-electron chi connectivity index (χ3n) is 4.87. The zero-order chi connectivity index (χ0) is 20.9. The highest BCUT2D eigenvalue weighted by Gasteiger charge is 2.31. The third-order valence-corrected chi connectivity index (χ3v) is 5.85. The van der Waals surface area contributed by atoms with Crippen LogP contribution in [0.3, 0.4) is 0 Å². The summed E-state index contributed by atoms with van der Waals surface area (Å²) in [5, 5.41) is 1.57. The van der Waals surface area contributed by atoms with Gasteiger partial charge in [0.1, 0.15) is 0 Å². The Labute approximate surface area is 179 Å². The molecule has 4 rings (SSSR count). The first-order chi connectivity index (χ1) is 14.6. The molecule has 1 heterocycles. The van der Waals surface area contributed by atoms with Gasteiger partial charge in [-0.1, -0.05) is 96.7 Å². The van der Waals surface area contributed by atoms with Crippen molar-refractivity contribution < 1.29 is 14.4 Å². The van der Waals surface area contributed by atoms with Gasteiger partial charge in [-0.3, -0.25) is 19.7 Å². The second kappa shape index (κ2) is 8.93. The Morgan fingerprint density at radius 3 is 2.17 bits per heavy atom. The number of nitrogens with one attached hydrogen (secondary N) is 1. The Hall–Kier alpha value is -3.44. The van der Waals surface area contributed by atoms with Crippen molar-refractivity contribution in [2.75, 3.05) is 0 Å². The molecule has 1 atom stereocenters. The molecule has 0 aromatic heterocycles. The molecule has 0 spiro atoms. The van der Waals surface area contributed by atoms with Gasteiger partial charge in [-0.2, -0.15) is 0 Å². The zero-order valence-electron chi connectivity index (χ0n) is 16.1. The van der Waals surface area contributed by atoms with Crippen molar-refractivity contribution >= 4 is 34.8 Å². The van der Waals surface area contributed by atoms with E-state index in [4.69, 9.17) is 0 Å². The van der Waals surface area contributed by atoms with Gasteiger partial charge in [0.05, 0.1) is 5.25 Å². The summed E-state index contributed by atoms with van der Waals surface area (Å²) < 4.78 is 0. The fourth-order valence-electron chi connectivity index (χ4n) is 3.23. The minimum atomic E-state index is -0.405. The highest BCUT2D eigenvalue weighted by Crippen LogP contribution is 2.23.